The number of carbonyl (C=O) groups excluding carboxylic acids is 1. The largest absolute Gasteiger partial charge is 0.316 e. The predicted octanol–water partition coefficient (Wildman–Crippen LogP) is 1.78. The second-order valence-corrected chi connectivity index (χ2v) is 4.60. The van der Waals surface area contributed by atoms with Crippen LogP contribution >= 0.6 is 0 Å². The molecule has 92 valence electrons. The summed E-state index contributed by atoms with van der Waals surface area (Å²) < 4.78 is 0. The van der Waals surface area contributed by atoms with Gasteiger partial charge >= 0.3 is 0 Å². The average Bonchev–Trinajstić information content (AvgIpc) is 2.92. The lowest BCUT2D eigenvalue weighted by molar-refractivity contribution is -0.119. The van der Waals surface area contributed by atoms with Gasteiger partial charge in [0.25, 0.3) is 0 Å². The third-order valence-electron chi connectivity index (χ3n) is 3.31. The first-order valence-corrected chi connectivity index (χ1v) is 6.19. The Morgan fingerprint density at radius 1 is 1.33 bits per heavy atom. The van der Waals surface area contributed by atoms with E-state index in [-0.39, 0.29) is 11.8 Å². The number of fused-ring (bicyclic) bond motifs is 1. The Kier molecular flexibility index (Phi) is 2.94. The van der Waals surface area contributed by atoms with Gasteiger partial charge in [0.15, 0.2) is 0 Å². The molecular formula is C14H15N3O. The van der Waals surface area contributed by atoms with Crippen LogP contribution in [0.3, 0.4) is 0 Å². The van der Waals surface area contributed by atoms with Crippen molar-refractivity contribution in [2.45, 2.75) is 6.42 Å². The summed E-state index contributed by atoms with van der Waals surface area (Å²) >= 11 is 0. The van der Waals surface area contributed by atoms with Gasteiger partial charge in [-0.2, -0.15) is 0 Å². The van der Waals surface area contributed by atoms with Crippen molar-refractivity contribution in [1.29, 1.82) is 0 Å². The van der Waals surface area contributed by atoms with Gasteiger partial charge in [-0.3, -0.25) is 4.79 Å². The molecule has 2 heterocycles. The number of amides is 1. The van der Waals surface area contributed by atoms with Crippen molar-refractivity contribution >= 4 is 22.5 Å². The minimum absolute atomic E-state index is 0.0581. The number of hydrogen-bond acceptors (Lipinski definition) is 3. The van der Waals surface area contributed by atoms with E-state index in [1.165, 1.54) is 0 Å². The first-order valence-electron chi connectivity index (χ1n) is 6.19. The lowest BCUT2D eigenvalue weighted by atomic mass is 10.1. The van der Waals surface area contributed by atoms with Crippen molar-refractivity contribution < 1.29 is 4.79 Å². The monoisotopic (exact) mass is 241 g/mol. The molecule has 0 saturated carbocycles. The van der Waals surface area contributed by atoms with Gasteiger partial charge in [0, 0.05) is 18.1 Å². The third-order valence-corrected chi connectivity index (χ3v) is 3.31. The smallest absolute Gasteiger partial charge is 0.229 e. The summed E-state index contributed by atoms with van der Waals surface area (Å²) in [5, 5.41) is 8.24. The van der Waals surface area contributed by atoms with Crippen LogP contribution in [0.4, 0.5) is 5.82 Å². The molecule has 0 aliphatic carbocycles. The van der Waals surface area contributed by atoms with E-state index in [1.54, 1.807) is 6.20 Å². The maximum atomic E-state index is 12.0. The summed E-state index contributed by atoms with van der Waals surface area (Å²) in [7, 11) is 0. The van der Waals surface area contributed by atoms with E-state index >= 15 is 0 Å². The van der Waals surface area contributed by atoms with E-state index in [0.717, 1.165) is 30.3 Å². The zero-order chi connectivity index (χ0) is 12.4. The van der Waals surface area contributed by atoms with Gasteiger partial charge in [0.05, 0.1) is 5.92 Å². The summed E-state index contributed by atoms with van der Waals surface area (Å²) in [6.45, 7) is 1.68. The fourth-order valence-corrected chi connectivity index (χ4v) is 2.26. The van der Waals surface area contributed by atoms with Crippen LogP contribution in [0.5, 0.6) is 0 Å². The van der Waals surface area contributed by atoms with E-state index in [4.69, 9.17) is 0 Å². The highest BCUT2D eigenvalue weighted by molar-refractivity contribution is 5.94. The van der Waals surface area contributed by atoms with Crippen molar-refractivity contribution in [3.05, 3.63) is 36.5 Å². The molecule has 4 heteroatoms. The number of nitrogens with one attached hydrogen (secondary N) is 2. The van der Waals surface area contributed by atoms with Crippen LogP contribution in [-0.2, 0) is 4.79 Å². The van der Waals surface area contributed by atoms with Crippen LogP contribution in [0, 0.1) is 5.92 Å². The van der Waals surface area contributed by atoms with Gasteiger partial charge in [-0.25, -0.2) is 4.98 Å². The van der Waals surface area contributed by atoms with Gasteiger partial charge in [-0.1, -0.05) is 24.3 Å². The fraction of sp³-hybridized carbons (Fsp3) is 0.286. The molecule has 2 N–H and O–H groups in total. The molecule has 0 unspecified atom stereocenters. The lowest BCUT2D eigenvalue weighted by Crippen LogP contribution is -2.25. The van der Waals surface area contributed by atoms with Gasteiger partial charge < -0.3 is 10.6 Å². The molecule has 1 atom stereocenters. The first-order chi connectivity index (χ1) is 8.83. The molecule has 1 aromatic carbocycles. The minimum atomic E-state index is 0.0581. The van der Waals surface area contributed by atoms with Crippen LogP contribution in [0.2, 0.25) is 0 Å². The quantitative estimate of drug-likeness (QED) is 0.842. The summed E-state index contributed by atoms with van der Waals surface area (Å²) in [5.74, 6) is 0.756. The standard InChI is InChI=1S/C14H15N3O/c18-14(12-5-6-15-8-12)17-13-7-10-3-1-2-4-11(10)9-16-13/h1-4,7,9,12,15H,5-6,8H2,(H,16,17,18)/t12-/m1/s1. The van der Waals surface area contributed by atoms with E-state index < -0.39 is 0 Å². The van der Waals surface area contributed by atoms with Gasteiger partial charge in [-0.05, 0) is 24.4 Å². The number of pyridine rings is 1. The number of aromatic nitrogens is 1. The molecule has 2 aromatic rings. The van der Waals surface area contributed by atoms with Crippen molar-refractivity contribution in [2.24, 2.45) is 5.92 Å². The molecule has 3 rings (SSSR count). The van der Waals surface area contributed by atoms with Crippen LogP contribution in [0.15, 0.2) is 36.5 Å². The van der Waals surface area contributed by atoms with E-state index in [9.17, 15) is 4.79 Å². The second kappa shape index (κ2) is 4.74. The van der Waals surface area contributed by atoms with Crippen LogP contribution in [0.1, 0.15) is 6.42 Å². The molecule has 1 aliphatic rings. The highest BCUT2D eigenvalue weighted by atomic mass is 16.2. The topological polar surface area (TPSA) is 54.0 Å². The Morgan fingerprint density at radius 2 is 2.17 bits per heavy atom. The number of carbonyl (C=O) groups is 1. The number of hydrogen-bond donors (Lipinski definition) is 2. The van der Waals surface area contributed by atoms with Crippen LogP contribution < -0.4 is 10.6 Å². The highest BCUT2D eigenvalue weighted by Crippen LogP contribution is 2.17. The molecule has 1 aromatic heterocycles. The van der Waals surface area contributed by atoms with E-state index in [2.05, 4.69) is 15.6 Å². The SMILES string of the molecule is O=C(Nc1cc2ccccc2cn1)[C@@H]1CCNC1. The van der Waals surface area contributed by atoms with E-state index in [1.807, 2.05) is 30.3 Å². The van der Waals surface area contributed by atoms with Gasteiger partial charge in [0.2, 0.25) is 5.91 Å². The average molecular weight is 241 g/mol. The Hall–Kier alpha value is -1.94. The molecule has 0 spiro atoms. The van der Waals surface area contributed by atoms with Crippen molar-refractivity contribution in [3.8, 4) is 0 Å². The van der Waals surface area contributed by atoms with E-state index in [0.29, 0.717) is 5.82 Å². The van der Waals surface area contributed by atoms with Crippen molar-refractivity contribution in [1.82, 2.24) is 10.3 Å². The Bertz CT molecular complexity index is 576. The molecule has 1 amide bonds. The number of nitrogens with zero attached hydrogens (tertiary/aromatic N) is 1. The summed E-state index contributed by atoms with van der Waals surface area (Å²) in [4.78, 5) is 16.2. The summed E-state index contributed by atoms with van der Waals surface area (Å²) in [5.41, 5.74) is 0. The normalized spacial score (nSPS) is 19.0. The van der Waals surface area contributed by atoms with Crippen molar-refractivity contribution in [3.63, 3.8) is 0 Å². The number of benzene rings is 1. The lowest BCUT2D eigenvalue weighted by Gasteiger charge is -2.09. The zero-order valence-electron chi connectivity index (χ0n) is 10.0. The molecule has 1 fully saturated rings. The summed E-state index contributed by atoms with van der Waals surface area (Å²) in [6.07, 6.45) is 2.69. The second-order valence-electron chi connectivity index (χ2n) is 4.60. The molecule has 1 aliphatic heterocycles. The van der Waals surface area contributed by atoms with Crippen LogP contribution in [-0.4, -0.2) is 24.0 Å². The predicted molar refractivity (Wildman–Crippen MR) is 71.3 cm³/mol. The Balaban J connectivity index is 1.79. The molecule has 0 bridgehead atoms. The third kappa shape index (κ3) is 2.19. The Morgan fingerprint density at radius 3 is 2.94 bits per heavy atom. The molecule has 1 saturated heterocycles. The molecular weight excluding hydrogens is 226 g/mol. The number of rotatable bonds is 2. The van der Waals surface area contributed by atoms with Crippen molar-refractivity contribution in [2.75, 3.05) is 18.4 Å². The molecule has 0 radical (unpaired) electrons. The maximum absolute atomic E-state index is 12.0. The summed E-state index contributed by atoms with van der Waals surface area (Å²) in [6, 6.07) is 9.90. The fourth-order valence-electron chi connectivity index (χ4n) is 2.26. The number of anilines is 1. The van der Waals surface area contributed by atoms with Gasteiger partial charge in [0.1, 0.15) is 5.82 Å². The maximum Gasteiger partial charge on any atom is 0.229 e. The highest BCUT2D eigenvalue weighted by Gasteiger charge is 2.22. The minimum Gasteiger partial charge on any atom is -0.316 e. The Labute approximate surface area is 105 Å². The zero-order valence-corrected chi connectivity index (χ0v) is 10.0. The van der Waals surface area contributed by atoms with Crippen LogP contribution in [0.25, 0.3) is 10.8 Å². The molecule has 18 heavy (non-hydrogen) atoms. The van der Waals surface area contributed by atoms with Gasteiger partial charge in [-0.15, -0.1) is 0 Å². The molecule has 4 nitrogen and oxygen atoms in total. The first kappa shape index (κ1) is 11.2.